The molecule has 27 heavy (non-hydrogen) atoms. The number of rotatable bonds is 6. The van der Waals surface area contributed by atoms with Gasteiger partial charge in [-0.2, -0.15) is 0 Å². The zero-order chi connectivity index (χ0) is 19.2. The molecule has 1 aliphatic carbocycles. The van der Waals surface area contributed by atoms with Crippen LogP contribution in [0.15, 0.2) is 42.7 Å². The minimum absolute atomic E-state index is 0.0161. The molecule has 2 aromatic rings. The third-order valence-corrected chi connectivity index (χ3v) is 5.90. The lowest BCUT2D eigenvalue weighted by molar-refractivity contribution is 0.0909. The fourth-order valence-corrected chi connectivity index (χ4v) is 4.16. The van der Waals surface area contributed by atoms with Gasteiger partial charge in [-0.05, 0) is 79.8 Å². The molecule has 1 N–H and O–H groups in total. The summed E-state index contributed by atoms with van der Waals surface area (Å²) < 4.78 is 5.30. The Balaban J connectivity index is 1.58. The Morgan fingerprint density at radius 3 is 2.56 bits per heavy atom. The molecule has 1 amide bonds. The number of aromatic nitrogens is 1. The van der Waals surface area contributed by atoms with Crippen molar-refractivity contribution in [2.24, 2.45) is 5.92 Å². The SMILES string of the molecule is CC[C@@H](NC(=O)c1ccc(Cl)cc1)C1CCC(c2cncc(OC)c2)CC1. The number of hydrogen-bond acceptors (Lipinski definition) is 3. The maximum absolute atomic E-state index is 12.5. The third-order valence-electron chi connectivity index (χ3n) is 5.65. The second-order valence-corrected chi connectivity index (χ2v) is 7.70. The van der Waals surface area contributed by atoms with Gasteiger partial charge in [0.05, 0.1) is 13.3 Å². The zero-order valence-electron chi connectivity index (χ0n) is 16.0. The number of methoxy groups -OCH3 is 1. The van der Waals surface area contributed by atoms with Gasteiger partial charge in [-0.15, -0.1) is 0 Å². The van der Waals surface area contributed by atoms with Crippen LogP contribution in [0.25, 0.3) is 0 Å². The summed E-state index contributed by atoms with van der Waals surface area (Å²) in [6.45, 7) is 2.14. The first kappa shape index (κ1) is 19.7. The number of hydrogen-bond donors (Lipinski definition) is 1. The molecule has 3 rings (SSSR count). The molecule has 0 spiro atoms. The van der Waals surface area contributed by atoms with E-state index in [4.69, 9.17) is 16.3 Å². The van der Waals surface area contributed by atoms with Crippen LogP contribution in [-0.4, -0.2) is 24.0 Å². The van der Waals surface area contributed by atoms with Crippen molar-refractivity contribution in [1.29, 1.82) is 0 Å². The molecule has 1 saturated carbocycles. The summed E-state index contributed by atoms with van der Waals surface area (Å²) in [5.41, 5.74) is 1.92. The van der Waals surface area contributed by atoms with E-state index in [2.05, 4.69) is 23.3 Å². The summed E-state index contributed by atoms with van der Waals surface area (Å²) in [4.78, 5) is 16.8. The topological polar surface area (TPSA) is 51.2 Å². The minimum atomic E-state index is -0.0161. The first-order chi connectivity index (χ1) is 13.1. The van der Waals surface area contributed by atoms with Crippen molar-refractivity contribution in [2.75, 3.05) is 7.11 Å². The largest absolute Gasteiger partial charge is 0.495 e. The number of halogens is 1. The predicted octanol–water partition coefficient (Wildman–Crippen LogP) is 5.23. The van der Waals surface area contributed by atoms with E-state index in [9.17, 15) is 4.79 Å². The van der Waals surface area contributed by atoms with Gasteiger partial charge in [0.15, 0.2) is 0 Å². The fraction of sp³-hybridized carbons (Fsp3) is 0.455. The molecule has 0 aliphatic heterocycles. The van der Waals surface area contributed by atoms with E-state index in [0.717, 1.165) is 37.9 Å². The molecule has 1 fully saturated rings. The molecule has 0 saturated heterocycles. The molecule has 1 aliphatic rings. The first-order valence-corrected chi connectivity index (χ1v) is 10.0. The smallest absolute Gasteiger partial charge is 0.251 e. The molecule has 4 nitrogen and oxygen atoms in total. The highest BCUT2D eigenvalue weighted by Gasteiger charge is 2.28. The summed E-state index contributed by atoms with van der Waals surface area (Å²) in [5, 5.41) is 3.87. The molecule has 1 heterocycles. The number of amides is 1. The van der Waals surface area contributed by atoms with Crippen LogP contribution < -0.4 is 10.1 Å². The minimum Gasteiger partial charge on any atom is -0.495 e. The van der Waals surface area contributed by atoms with Gasteiger partial charge in [0, 0.05) is 22.8 Å². The molecule has 144 valence electrons. The molecular weight excluding hydrogens is 360 g/mol. The van der Waals surface area contributed by atoms with E-state index in [-0.39, 0.29) is 11.9 Å². The molecule has 1 atom stereocenters. The van der Waals surface area contributed by atoms with Crippen LogP contribution >= 0.6 is 11.6 Å². The van der Waals surface area contributed by atoms with Crippen LogP contribution in [0.3, 0.4) is 0 Å². The number of benzene rings is 1. The Labute approximate surface area is 166 Å². The zero-order valence-corrected chi connectivity index (χ0v) is 16.7. The van der Waals surface area contributed by atoms with E-state index in [0.29, 0.717) is 22.4 Å². The van der Waals surface area contributed by atoms with Crippen LogP contribution in [0.5, 0.6) is 5.75 Å². The Bertz CT molecular complexity index is 755. The molecule has 0 radical (unpaired) electrons. The van der Waals surface area contributed by atoms with Crippen molar-refractivity contribution in [1.82, 2.24) is 10.3 Å². The predicted molar refractivity (Wildman–Crippen MR) is 108 cm³/mol. The highest BCUT2D eigenvalue weighted by Crippen LogP contribution is 2.38. The van der Waals surface area contributed by atoms with Crippen molar-refractivity contribution in [2.45, 2.75) is 51.0 Å². The number of carbonyl (C=O) groups excluding carboxylic acids is 1. The normalized spacial score (nSPS) is 20.7. The lowest BCUT2D eigenvalue weighted by atomic mass is 9.75. The quantitative estimate of drug-likeness (QED) is 0.739. The van der Waals surface area contributed by atoms with Gasteiger partial charge in [0.1, 0.15) is 5.75 Å². The second kappa shape index (κ2) is 9.23. The number of ether oxygens (including phenoxy) is 1. The van der Waals surface area contributed by atoms with Gasteiger partial charge in [-0.25, -0.2) is 0 Å². The Hall–Kier alpha value is -2.07. The molecule has 0 bridgehead atoms. The van der Waals surface area contributed by atoms with Crippen LogP contribution in [0.1, 0.15) is 60.9 Å². The summed E-state index contributed by atoms with van der Waals surface area (Å²) in [5.74, 6) is 1.84. The molecule has 0 unspecified atom stereocenters. The summed E-state index contributed by atoms with van der Waals surface area (Å²) in [6.07, 6.45) is 9.10. The first-order valence-electron chi connectivity index (χ1n) is 9.66. The van der Waals surface area contributed by atoms with Gasteiger partial charge in [-0.3, -0.25) is 9.78 Å². The van der Waals surface area contributed by atoms with Crippen LogP contribution in [0, 0.1) is 5.92 Å². The maximum Gasteiger partial charge on any atom is 0.251 e. The average Bonchev–Trinajstić information content (AvgIpc) is 2.72. The van der Waals surface area contributed by atoms with Crippen LogP contribution in [0.4, 0.5) is 0 Å². The lowest BCUT2D eigenvalue weighted by Gasteiger charge is -2.34. The monoisotopic (exact) mass is 386 g/mol. The second-order valence-electron chi connectivity index (χ2n) is 7.26. The number of pyridine rings is 1. The number of carbonyl (C=O) groups is 1. The van der Waals surface area contributed by atoms with E-state index >= 15 is 0 Å². The van der Waals surface area contributed by atoms with E-state index in [1.165, 1.54) is 5.56 Å². The van der Waals surface area contributed by atoms with E-state index < -0.39 is 0 Å². The van der Waals surface area contributed by atoms with Crippen molar-refractivity contribution >= 4 is 17.5 Å². The average molecular weight is 387 g/mol. The van der Waals surface area contributed by atoms with E-state index in [1.54, 1.807) is 37.6 Å². The molecule has 1 aromatic carbocycles. The molecule has 5 heteroatoms. The maximum atomic E-state index is 12.5. The third kappa shape index (κ3) is 5.01. The van der Waals surface area contributed by atoms with Gasteiger partial charge in [-0.1, -0.05) is 18.5 Å². The van der Waals surface area contributed by atoms with Crippen molar-refractivity contribution in [3.8, 4) is 5.75 Å². The van der Waals surface area contributed by atoms with Gasteiger partial charge in [0.2, 0.25) is 0 Å². The fourth-order valence-electron chi connectivity index (χ4n) is 4.03. The van der Waals surface area contributed by atoms with Gasteiger partial charge >= 0.3 is 0 Å². The molecule has 1 aromatic heterocycles. The van der Waals surface area contributed by atoms with Crippen molar-refractivity contribution in [3.05, 3.63) is 58.9 Å². The Morgan fingerprint density at radius 2 is 1.93 bits per heavy atom. The highest BCUT2D eigenvalue weighted by atomic mass is 35.5. The van der Waals surface area contributed by atoms with E-state index in [1.807, 2.05) is 6.20 Å². The Morgan fingerprint density at radius 1 is 1.22 bits per heavy atom. The summed E-state index contributed by atoms with van der Waals surface area (Å²) in [7, 11) is 1.67. The van der Waals surface area contributed by atoms with Crippen molar-refractivity contribution < 1.29 is 9.53 Å². The van der Waals surface area contributed by atoms with Gasteiger partial charge in [0.25, 0.3) is 5.91 Å². The van der Waals surface area contributed by atoms with Crippen molar-refractivity contribution in [3.63, 3.8) is 0 Å². The van der Waals surface area contributed by atoms with Crippen LogP contribution in [-0.2, 0) is 0 Å². The number of nitrogens with zero attached hydrogens (tertiary/aromatic N) is 1. The van der Waals surface area contributed by atoms with Gasteiger partial charge < -0.3 is 10.1 Å². The highest BCUT2D eigenvalue weighted by molar-refractivity contribution is 6.30. The standard InChI is InChI=1S/C22H27ClN2O2/c1-3-21(25-22(26)17-8-10-19(23)11-9-17)16-6-4-15(5-7-16)18-12-20(27-2)14-24-13-18/h8-16,21H,3-7H2,1-2H3,(H,25,26)/t15?,16?,21-/m1/s1. The van der Waals surface area contributed by atoms with Crippen LogP contribution in [0.2, 0.25) is 5.02 Å². The lowest BCUT2D eigenvalue weighted by Crippen LogP contribution is -2.41. The molecular formula is C22H27ClN2O2. The Kier molecular flexibility index (Phi) is 6.73. The number of nitrogens with one attached hydrogen (secondary N) is 1. The summed E-state index contributed by atoms with van der Waals surface area (Å²) in [6, 6.07) is 9.36. The summed E-state index contributed by atoms with van der Waals surface area (Å²) >= 11 is 5.91.